The number of hydrogen-bond donors (Lipinski definition) is 1. The molecule has 1 atom stereocenters. The van der Waals surface area contributed by atoms with Crippen molar-refractivity contribution >= 4 is 15.9 Å². The highest BCUT2D eigenvalue weighted by Crippen LogP contribution is 2.23. The maximum Gasteiger partial charge on any atom is 0.243 e. The van der Waals surface area contributed by atoms with Crippen molar-refractivity contribution in [3.63, 3.8) is 0 Å². The molecule has 1 amide bonds. The first-order chi connectivity index (χ1) is 14.0. The molecule has 3 rings (SSSR count). The molecule has 0 saturated carbocycles. The summed E-state index contributed by atoms with van der Waals surface area (Å²) in [6, 6.07) is 6.43. The molecule has 1 N–H and O–H groups in total. The second kappa shape index (κ2) is 10.4. The van der Waals surface area contributed by atoms with Crippen LogP contribution in [0.2, 0.25) is 0 Å². The van der Waals surface area contributed by atoms with Crippen LogP contribution in [0.15, 0.2) is 29.2 Å². The Kier molecular flexibility index (Phi) is 7.88. The molecule has 2 aliphatic heterocycles. The summed E-state index contributed by atoms with van der Waals surface area (Å²) in [5, 5.41) is 3.22. The van der Waals surface area contributed by atoms with E-state index in [1.165, 1.54) is 4.31 Å². The highest BCUT2D eigenvalue weighted by Gasteiger charge is 2.30. The van der Waals surface area contributed by atoms with Gasteiger partial charge in [0.25, 0.3) is 0 Å². The minimum atomic E-state index is -3.73. The zero-order valence-corrected chi connectivity index (χ0v) is 17.8. The number of sulfonamides is 1. The minimum Gasteiger partial charge on any atom is -0.494 e. The van der Waals surface area contributed by atoms with E-state index in [1.807, 2.05) is 6.92 Å². The Hall–Kier alpha value is -1.68. The zero-order valence-electron chi connectivity index (χ0n) is 17.0. The fourth-order valence-corrected chi connectivity index (χ4v) is 5.11. The van der Waals surface area contributed by atoms with Gasteiger partial charge in [-0.1, -0.05) is 0 Å². The van der Waals surface area contributed by atoms with Crippen molar-refractivity contribution in [2.45, 2.75) is 37.2 Å². The van der Waals surface area contributed by atoms with Crippen LogP contribution in [0.5, 0.6) is 5.75 Å². The van der Waals surface area contributed by atoms with Gasteiger partial charge in [0, 0.05) is 52.3 Å². The number of nitrogens with zero attached hydrogens (tertiary/aromatic N) is 2. The third-order valence-corrected chi connectivity index (χ3v) is 7.13. The maximum atomic E-state index is 13.3. The molecule has 162 valence electrons. The maximum absolute atomic E-state index is 13.3. The number of rotatable bonds is 9. The summed E-state index contributed by atoms with van der Waals surface area (Å²) in [7, 11) is -3.73. The molecule has 0 radical (unpaired) electrons. The Bertz CT molecular complexity index is 757. The Labute approximate surface area is 173 Å². The average molecular weight is 426 g/mol. The summed E-state index contributed by atoms with van der Waals surface area (Å²) in [5.41, 5.74) is 0. The average Bonchev–Trinajstić information content (AvgIpc) is 3.25. The van der Waals surface area contributed by atoms with E-state index >= 15 is 0 Å². The third kappa shape index (κ3) is 5.91. The van der Waals surface area contributed by atoms with E-state index in [1.54, 1.807) is 29.2 Å². The molecular formula is C20H31N3O5S. The van der Waals surface area contributed by atoms with Gasteiger partial charge in [-0.05, 0) is 44.0 Å². The first kappa shape index (κ1) is 22.0. The highest BCUT2D eigenvalue weighted by atomic mass is 32.2. The highest BCUT2D eigenvalue weighted by molar-refractivity contribution is 7.89. The van der Waals surface area contributed by atoms with Crippen molar-refractivity contribution < 1.29 is 22.7 Å². The van der Waals surface area contributed by atoms with Crippen LogP contribution >= 0.6 is 0 Å². The number of hydrogen-bond acceptors (Lipinski definition) is 6. The van der Waals surface area contributed by atoms with Gasteiger partial charge < -0.3 is 19.7 Å². The van der Waals surface area contributed by atoms with Crippen LogP contribution in [0.3, 0.4) is 0 Å². The molecular weight excluding hydrogens is 394 g/mol. The molecule has 0 bridgehead atoms. The van der Waals surface area contributed by atoms with E-state index in [-0.39, 0.29) is 36.4 Å². The summed E-state index contributed by atoms with van der Waals surface area (Å²) >= 11 is 0. The van der Waals surface area contributed by atoms with Crippen LogP contribution in [-0.2, 0) is 19.6 Å². The lowest BCUT2D eigenvalue weighted by molar-refractivity contribution is -0.131. The first-order valence-electron chi connectivity index (χ1n) is 10.3. The Balaban J connectivity index is 1.71. The predicted molar refractivity (Wildman–Crippen MR) is 109 cm³/mol. The summed E-state index contributed by atoms with van der Waals surface area (Å²) in [5.74, 6) is 0.622. The smallest absolute Gasteiger partial charge is 0.243 e. The number of carbonyl (C=O) groups is 1. The second-order valence-electron chi connectivity index (χ2n) is 7.28. The van der Waals surface area contributed by atoms with E-state index in [0.29, 0.717) is 32.1 Å². The molecule has 0 aliphatic carbocycles. The van der Waals surface area contributed by atoms with Crippen molar-refractivity contribution in [2.24, 2.45) is 0 Å². The molecule has 29 heavy (non-hydrogen) atoms. The number of carbonyl (C=O) groups excluding carboxylic acids is 1. The Morgan fingerprint density at radius 3 is 2.62 bits per heavy atom. The molecule has 1 aromatic rings. The van der Waals surface area contributed by atoms with Gasteiger partial charge in [0.1, 0.15) is 5.75 Å². The largest absolute Gasteiger partial charge is 0.494 e. The summed E-state index contributed by atoms with van der Waals surface area (Å²) < 4.78 is 39.0. The molecule has 0 aromatic heterocycles. The fourth-order valence-electron chi connectivity index (χ4n) is 3.64. The second-order valence-corrected chi connectivity index (χ2v) is 9.22. The lowest BCUT2D eigenvalue weighted by Crippen LogP contribution is -2.47. The number of piperazine rings is 1. The lowest BCUT2D eigenvalue weighted by Gasteiger charge is -2.29. The summed E-state index contributed by atoms with van der Waals surface area (Å²) in [6.07, 6.45) is 1.81. The molecule has 2 heterocycles. The van der Waals surface area contributed by atoms with Gasteiger partial charge in [-0.2, -0.15) is 4.31 Å². The van der Waals surface area contributed by atoms with Crippen LogP contribution in [0.4, 0.5) is 0 Å². The topological polar surface area (TPSA) is 88.2 Å². The van der Waals surface area contributed by atoms with E-state index in [2.05, 4.69) is 5.32 Å². The minimum absolute atomic E-state index is 0.00858. The third-order valence-electron chi connectivity index (χ3n) is 5.25. The van der Waals surface area contributed by atoms with Gasteiger partial charge in [0.15, 0.2) is 0 Å². The van der Waals surface area contributed by atoms with Crippen LogP contribution in [0, 0.1) is 0 Å². The number of ether oxygens (including phenoxy) is 2. The van der Waals surface area contributed by atoms with Gasteiger partial charge in [-0.25, -0.2) is 8.42 Å². The predicted octanol–water partition coefficient (Wildman–Crippen LogP) is 1.08. The van der Waals surface area contributed by atoms with Crippen molar-refractivity contribution in [3.05, 3.63) is 24.3 Å². The van der Waals surface area contributed by atoms with Crippen molar-refractivity contribution in [3.8, 4) is 5.75 Å². The summed E-state index contributed by atoms with van der Waals surface area (Å²) in [6.45, 7) is 6.34. The molecule has 1 aromatic carbocycles. The molecule has 2 fully saturated rings. The van der Waals surface area contributed by atoms with Gasteiger partial charge in [-0.3, -0.25) is 4.79 Å². The molecule has 2 saturated heterocycles. The van der Waals surface area contributed by atoms with Crippen molar-refractivity contribution in [1.29, 1.82) is 0 Å². The number of nitrogens with one attached hydrogen (secondary N) is 1. The quantitative estimate of drug-likeness (QED) is 0.637. The van der Waals surface area contributed by atoms with Gasteiger partial charge in [0.05, 0.1) is 17.6 Å². The van der Waals surface area contributed by atoms with E-state index in [4.69, 9.17) is 9.47 Å². The fraction of sp³-hybridized carbons (Fsp3) is 0.650. The molecule has 8 nitrogen and oxygen atoms in total. The van der Waals surface area contributed by atoms with Crippen LogP contribution < -0.4 is 10.1 Å². The van der Waals surface area contributed by atoms with E-state index in [0.717, 1.165) is 25.9 Å². The van der Waals surface area contributed by atoms with Crippen LogP contribution in [0.1, 0.15) is 26.2 Å². The summed E-state index contributed by atoms with van der Waals surface area (Å²) in [4.78, 5) is 14.5. The normalized spacial score (nSPS) is 20.2. The zero-order chi connectivity index (χ0) is 20.7. The molecule has 0 spiro atoms. The standard InChI is InChI=1S/C20H31N3O5S/c1-2-27-17-5-7-19(8-6-17)29(25,26)23(16-18-4-3-15-28-18)12-9-20(24)22-13-10-21-11-14-22/h5-8,18,21H,2-4,9-16H2,1H3/t18-/m0/s1. The number of benzene rings is 1. The van der Waals surface area contributed by atoms with Crippen molar-refractivity contribution in [2.75, 3.05) is 52.5 Å². The molecule has 0 unspecified atom stereocenters. The van der Waals surface area contributed by atoms with Gasteiger partial charge in [0.2, 0.25) is 15.9 Å². The Morgan fingerprint density at radius 1 is 1.28 bits per heavy atom. The monoisotopic (exact) mass is 425 g/mol. The molecule has 9 heteroatoms. The van der Waals surface area contributed by atoms with Gasteiger partial charge in [-0.15, -0.1) is 0 Å². The van der Waals surface area contributed by atoms with Crippen molar-refractivity contribution in [1.82, 2.24) is 14.5 Å². The number of amides is 1. The van der Waals surface area contributed by atoms with E-state index in [9.17, 15) is 13.2 Å². The van der Waals surface area contributed by atoms with Gasteiger partial charge >= 0.3 is 0 Å². The van der Waals surface area contributed by atoms with E-state index < -0.39 is 10.0 Å². The SMILES string of the molecule is CCOc1ccc(S(=O)(=O)N(CCC(=O)N2CCNCC2)C[C@@H]2CCCO2)cc1. The Morgan fingerprint density at radius 2 is 2.00 bits per heavy atom. The first-order valence-corrected chi connectivity index (χ1v) is 11.8. The van der Waals surface area contributed by atoms with Crippen LogP contribution in [-0.4, -0.2) is 82.1 Å². The van der Waals surface area contributed by atoms with Crippen LogP contribution in [0.25, 0.3) is 0 Å². The molecule has 2 aliphatic rings. The lowest BCUT2D eigenvalue weighted by atomic mass is 10.2.